The predicted octanol–water partition coefficient (Wildman–Crippen LogP) is 2.45. The Morgan fingerprint density at radius 3 is 2.50 bits per heavy atom. The molecule has 0 radical (unpaired) electrons. The molecule has 2 N–H and O–H groups in total. The van der Waals surface area contributed by atoms with E-state index >= 15 is 0 Å². The number of fused-ring (bicyclic) bond motifs is 1. The van der Waals surface area contributed by atoms with E-state index in [4.69, 9.17) is 16.0 Å². The number of ether oxygens (including phenoxy) is 1. The van der Waals surface area contributed by atoms with Crippen LogP contribution < -0.4 is 10.6 Å². The van der Waals surface area contributed by atoms with Crippen LogP contribution in [0.15, 0.2) is 23.3 Å². The summed E-state index contributed by atoms with van der Waals surface area (Å²) in [4.78, 5) is 48.9. The van der Waals surface area contributed by atoms with E-state index in [1.165, 1.54) is 0 Å². The van der Waals surface area contributed by atoms with E-state index < -0.39 is 30.0 Å². The molecule has 5 rings (SSSR count). The van der Waals surface area contributed by atoms with Gasteiger partial charge in [-0.3, -0.25) is 19.3 Å². The number of azide groups is 1. The smallest absolute Gasteiger partial charge is 0.249 e. The van der Waals surface area contributed by atoms with Crippen LogP contribution in [-0.4, -0.2) is 91.0 Å². The normalized spacial score (nSPS) is 27.0. The van der Waals surface area contributed by atoms with Crippen molar-refractivity contribution in [1.29, 1.82) is 0 Å². The van der Waals surface area contributed by atoms with Crippen LogP contribution in [0.5, 0.6) is 0 Å². The number of rotatable bonds is 7. The molecule has 3 aliphatic heterocycles. The molecule has 0 aromatic heterocycles. The van der Waals surface area contributed by atoms with Crippen LogP contribution in [0.25, 0.3) is 10.4 Å². The van der Waals surface area contributed by atoms with Gasteiger partial charge in [0.05, 0.1) is 18.1 Å². The number of benzene rings is 1. The Balaban J connectivity index is 1.51. The first kappa shape index (κ1) is 26.5. The van der Waals surface area contributed by atoms with E-state index in [0.29, 0.717) is 17.2 Å². The maximum Gasteiger partial charge on any atom is 0.249 e. The van der Waals surface area contributed by atoms with Crippen LogP contribution >= 0.6 is 0 Å². The molecular weight excluding hydrogens is 486 g/mol. The van der Waals surface area contributed by atoms with Crippen molar-refractivity contribution in [2.24, 2.45) is 16.8 Å². The molecular formula is C27H37N7O4. The van der Waals surface area contributed by atoms with Crippen molar-refractivity contribution in [2.45, 2.75) is 69.7 Å². The van der Waals surface area contributed by atoms with E-state index in [1.807, 2.05) is 12.1 Å². The number of primary amides is 1. The summed E-state index contributed by atoms with van der Waals surface area (Å²) in [5, 5.41) is 3.83. The second-order valence-electron chi connectivity index (χ2n) is 11.2. The average Bonchev–Trinajstić information content (AvgIpc) is 3.64. The van der Waals surface area contributed by atoms with Crippen molar-refractivity contribution in [2.75, 3.05) is 44.2 Å². The van der Waals surface area contributed by atoms with Crippen LogP contribution in [0.2, 0.25) is 0 Å². The predicted molar refractivity (Wildman–Crippen MR) is 142 cm³/mol. The lowest BCUT2D eigenvalue weighted by atomic mass is 9.80. The minimum absolute atomic E-state index is 0.0306. The zero-order valence-electron chi connectivity index (χ0n) is 22.2. The second-order valence-corrected chi connectivity index (χ2v) is 11.2. The summed E-state index contributed by atoms with van der Waals surface area (Å²) in [5.74, 6) is -1.56. The number of carbonyl (C=O) groups excluding carboxylic acids is 3. The number of Topliss-reactive ketones (excluding diaryl/α,β-unsaturated/α-hetero) is 1. The van der Waals surface area contributed by atoms with Gasteiger partial charge >= 0.3 is 0 Å². The topological polar surface area (TPSA) is 145 Å². The number of likely N-dealkylation sites (tertiary alicyclic amines) is 1. The lowest BCUT2D eigenvalue weighted by Gasteiger charge is -2.38. The quantitative estimate of drug-likeness (QED) is 0.330. The van der Waals surface area contributed by atoms with Crippen LogP contribution in [0.1, 0.15) is 61.4 Å². The molecule has 0 spiro atoms. The highest BCUT2D eigenvalue weighted by atomic mass is 16.5. The van der Waals surface area contributed by atoms with Gasteiger partial charge in [0.2, 0.25) is 11.8 Å². The van der Waals surface area contributed by atoms with E-state index in [1.54, 1.807) is 11.0 Å². The van der Waals surface area contributed by atoms with E-state index in [9.17, 15) is 14.4 Å². The van der Waals surface area contributed by atoms with E-state index in [2.05, 4.69) is 33.7 Å². The maximum absolute atomic E-state index is 14.4. The van der Waals surface area contributed by atoms with E-state index in [0.717, 1.165) is 57.5 Å². The number of nitrogens with zero attached hydrogens (tertiary/aromatic N) is 6. The van der Waals surface area contributed by atoms with Gasteiger partial charge in [-0.15, -0.1) is 0 Å². The van der Waals surface area contributed by atoms with Gasteiger partial charge in [-0.25, -0.2) is 0 Å². The van der Waals surface area contributed by atoms with Gasteiger partial charge in [0.15, 0.2) is 5.78 Å². The first-order valence-corrected chi connectivity index (χ1v) is 13.7. The molecule has 4 fully saturated rings. The molecule has 0 bridgehead atoms. The minimum atomic E-state index is -0.772. The summed E-state index contributed by atoms with van der Waals surface area (Å²) in [6.45, 7) is 8.00. The molecule has 11 nitrogen and oxygen atoms in total. The number of hydrogen-bond donors (Lipinski definition) is 1. The zero-order chi connectivity index (χ0) is 27.0. The molecule has 38 heavy (non-hydrogen) atoms. The number of ketones is 1. The third-order valence-corrected chi connectivity index (χ3v) is 8.82. The number of hydrogen-bond acceptors (Lipinski definition) is 7. The fourth-order valence-corrected chi connectivity index (χ4v) is 6.81. The number of piperazine rings is 1. The summed E-state index contributed by atoms with van der Waals surface area (Å²) in [6, 6.07) is 4.72. The van der Waals surface area contributed by atoms with Crippen molar-refractivity contribution >= 4 is 23.3 Å². The largest absolute Gasteiger partial charge is 0.369 e. The molecule has 3 heterocycles. The van der Waals surface area contributed by atoms with Gasteiger partial charge < -0.3 is 20.3 Å². The van der Waals surface area contributed by atoms with Crippen molar-refractivity contribution in [1.82, 2.24) is 9.80 Å². The molecule has 1 aromatic rings. The average molecular weight is 524 g/mol. The van der Waals surface area contributed by atoms with Gasteiger partial charge in [-0.2, -0.15) is 0 Å². The summed E-state index contributed by atoms with van der Waals surface area (Å²) >= 11 is 0. The Kier molecular flexibility index (Phi) is 7.61. The molecule has 204 valence electrons. The molecule has 4 atom stereocenters. The Labute approximate surface area is 222 Å². The zero-order valence-corrected chi connectivity index (χ0v) is 22.2. The van der Waals surface area contributed by atoms with Crippen LogP contribution in [0.4, 0.5) is 5.69 Å². The first-order valence-electron chi connectivity index (χ1n) is 13.7. The molecule has 4 aliphatic rings. The SMILES string of the molecule is CC(C)N1CCN(c2ccc(C(N)=O)c([C@@H](C(=O)N3C[C@@H](N=[N+]=[N-])[C@H]4OCC(=O)[C@H]43)C3CCCC3)c2)CC1. The Morgan fingerprint density at radius 2 is 1.87 bits per heavy atom. The Bertz CT molecular complexity index is 1140. The lowest BCUT2D eigenvalue weighted by Crippen LogP contribution is -2.49. The van der Waals surface area contributed by atoms with Crippen molar-refractivity contribution in [3.63, 3.8) is 0 Å². The van der Waals surface area contributed by atoms with Crippen LogP contribution in [0, 0.1) is 5.92 Å². The number of anilines is 1. The second kappa shape index (κ2) is 10.9. The monoisotopic (exact) mass is 523 g/mol. The molecule has 1 saturated carbocycles. The number of amides is 2. The third-order valence-electron chi connectivity index (χ3n) is 8.82. The highest BCUT2D eigenvalue weighted by Crippen LogP contribution is 2.43. The summed E-state index contributed by atoms with van der Waals surface area (Å²) in [6.07, 6.45) is 3.10. The molecule has 2 amide bonds. The van der Waals surface area contributed by atoms with Crippen molar-refractivity contribution in [3.8, 4) is 0 Å². The third kappa shape index (κ3) is 4.86. The van der Waals surface area contributed by atoms with Crippen LogP contribution in [0.3, 0.4) is 0 Å². The molecule has 1 aromatic carbocycles. The number of nitrogens with two attached hydrogens (primary N) is 1. The number of carbonyl (C=O) groups is 3. The van der Waals surface area contributed by atoms with Crippen molar-refractivity contribution in [3.05, 3.63) is 39.8 Å². The highest BCUT2D eigenvalue weighted by molar-refractivity contribution is 5.99. The minimum Gasteiger partial charge on any atom is -0.369 e. The Hall–Kier alpha value is -3.14. The fourth-order valence-electron chi connectivity index (χ4n) is 6.81. The molecule has 3 saturated heterocycles. The summed E-state index contributed by atoms with van der Waals surface area (Å²) < 4.78 is 5.64. The van der Waals surface area contributed by atoms with E-state index in [-0.39, 0.29) is 30.8 Å². The van der Waals surface area contributed by atoms with Gasteiger partial charge in [-0.05, 0) is 61.9 Å². The maximum atomic E-state index is 14.4. The molecule has 11 heteroatoms. The summed E-state index contributed by atoms with van der Waals surface area (Å²) in [5.41, 5.74) is 16.8. The lowest BCUT2D eigenvalue weighted by molar-refractivity contribution is -0.138. The Morgan fingerprint density at radius 1 is 1.16 bits per heavy atom. The fraction of sp³-hybridized carbons (Fsp3) is 0.667. The van der Waals surface area contributed by atoms with Crippen molar-refractivity contribution < 1.29 is 19.1 Å². The molecule has 0 unspecified atom stereocenters. The standard InChI is InChI=1S/C27H37N7O4/c1-16(2)32-9-11-33(12-10-32)18-7-8-19(26(28)36)20(13-18)23(17-5-3-4-6-17)27(37)34-14-21(30-31-29)25-24(34)22(35)15-38-25/h7-8,13,16-17,21,23-25H,3-6,9-12,14-15H2,1-2H3,(H2,28,36)/t21-,23+,24-,25-/m1/s1. The van der Waals surface area contributed by atoms with Crippen LogP contribution in [-0.2, 0) is 14.3 Å². The first-order chi connectivity index (χ1) is 18.3. The summed E-state index contributed by atoms with van der Waals surface area (Å²) in [7, 11) is 0. The highest BCUT2D eigenvalue weighted by Gasteiger charge is 2.53. The van der Waals surface area contributed by atoms with Gasteiger partial charge in [0, 0.05) is 54.9 Å². The van der Waals surface area contributed by atoms with Gasteiger partial charge in [0.25, 0.3) is 0 Å². The molecule has 1 aliphatic carbocycles. The van der Waals surface area contributed by atoms with Gasteiger partial charge in [0.1, 0.15) is 12.6 Å². The van der Waals surface area contributed by atoms with Gasteiger partial charge in [-0.1, -0.05) is 18.0 Å².